The summed E-state index contributed by atoms with van der Waals surface area (Å²) in [6.07, 6.45) is 2.15. The van der Waals surface area contributed by atoms with E-state index in [1.54, 1.807) is 0 Å². The van der Waals surface area contributed by atoms with Crippen molar-refractivity contribution in [2.24, 2.45) is 17.8 Å². The normalized spacial score (nSPS) is 33.0. The van der Waals surface area contributed by atoms with Gasteiger partial charge in [0.15, 0.2) is 0 Å². The van der Waals surface area contributed by atoms with E-state index in [0.29, 0.717) is 17.8 Å². The van der Waals surface area contributed by atoms with Gasteiger partial charge in [-0.15, -0.1) is 0 Å². The standard InChI is InChI=1S/C18H21N3O/c1-11-14-9-21(10-18(11,14)20-17(22)12-6-7-12)16-8-13-4-2-3-5-15(13)19-16/h2-5,8,11-12,14,19H,6-7,9-10H2,1H3,(H,20,22)/t11-,14+,18+/m1/s1. The number of nitrogens with zero attached hydrogens (tertiary/aromatic N) is 1. The molecule has 2 saturated carbocycles. The second-order valence-corrected chi connectivity index (χ2v) is 7.32. The largest absolute Gasteiger partial charge is 0.355 e. The molecule has 3 fully saturated rings. The Kier molecular flexibility index (Phi) is 2.32. The fraction of sp³-hybridized carbons (Fsp3) is 0.500. The van der Waals surface area contributed by atoms with Crippen LogP contribution in [-0.4, -0.2) is 29.5 Å². The Balaban J connectivity index is 1.39. The lowest BCUT2D eigenvalue weighted by molar-refractivity contribution is -0.123. The van der Waals surface area contributed by atoms with Gasteiger partial charge in [0.05, 0.1) is 5.54 Å². The molecule has 1 aromatic carbocycles. The lowest BCUT2D eigenvalue weighted by Gasteiger charge is -2.24. The fourth-order valence-corrected chi connectivity index (χ4v) is 4.26. The highest BCUT2D eigenvalue weighted by atomic mass is 16.2. The number of aromatic nitrogens is 1. The molecule has 4 nitrogen and oxygen atoms in total. The zero-order valence-corrected chi connectivity index (χ0v) is 12.8. The van der Waals surface area contributed by atoms with Gasteiger partial charge in [0.2, 0.25) is 5.91 Å². The van der Waals surface area contributed by atoms with Gasteiger partial charge in [-0.05, 0) is 30.9 Å². The molecule has 2 heterocycles. The first-order valence-electron chi connectivity index (χ1n) is 8.32. The third-order valence-electron chi connectivity index (χ3n) is 6.00. The molecule has 2 N–H and O–H groups in total. The summed E-state index contributed by atoms with van der Waals surface area (Å²) in [5.41, 5.74) is 1.21. The number of benzene rings is 1. The smallest absolute Gasteiger partial charge is 0.223 e. The molecular formula is C18H21N3O. The third kappa shape index (κ3) is 1.67. The van der Waals surface area contributed by atoms with Crippen LogP contribution in [0.4, 0.5) is 5.82 Å². The van der Waals surface area contributed by atoms with Crippen LogP contribution in [0.25, 0.3) is 10.9 Å². The van der Waals surface area contributed by atoms with Gasteiger partial charge in [0, 0.05) is 35.8 Å². The number of para-hydroxylation sites is 1. The zero-order chi connectivity index (χ0) is 14.9. The minimum atomic E-state index is 0.0248. The highest BCUT2D eigenvalue weighted by molar-refractivity contribution is 5.85. The molecule has 5 rings (SSSR count). The summed E-state index contributed by atoms with van der Waals surface area (Å²) in [7, 11) is 0. The second kappa shape index (κ2) is 4.06. The molecule has 0 radical (unpaired) electrons. The summed E-state index contributed by atoms with van der Waals surface area (Å²) in [5, 5.41) is 4.63. The Bertz CT molecular complexity index is 730. The summed E-state index contributed by atoms with van der Waals surface area (Å²) in [6.45, 7) is 4.25. The van der Waals surface area contributed by atoms with Crippen molar-refractivity contribution in [3.05, 3.63) is 30.3 Å². The Labute approximate surface area is 129 Å². The molecule has 4 heteroatoms. The van der Waals surface area contributed by atoms with Gasteiger partial charge in [-0.3, -0.25) is 4.79 Å². The van der Waals surface area contributed by atoms with E-state index in [-0.39, 0.29) is 11.4 Å². The minimum absolute atomic E-state index is 0.0248. The number of carbonyl (C=O) groups excluding carboxylic acids is 1. The molecule has 2 aromatic rings. The minimum Gasteiger partial charge on any atom is -0.355 e. The first-order valence-corrected chi connectivity index (χ1v) is 8.32. The van der Waals surface area contributed by atoms with Gasteiger partial charge >= 0.3 is 0 Å². The van der Waals surface area contributed by atoms with Crippen LogP contribution >= 0.6 is 0 Å². The van der Waals surface area contributed by atoms with Crippen LogP contribution < -0.4 is 10.2 Å². The van der Waals surface area contributed by atoms with Crippen LogP contribution in [0.5, 0.6) is 0 Å². The van der Waals surface area contributed by atoms with E-state index >= 15 is 0 Å². The predicted octanol–water partition coefficient (Wildman–Crippen LogP) is 2.52. The first kappa shape index (κ1) is 12.6. The molecule has 114 valence electrons. The zero-order valence-electron chi connectivity index (χ0n) is 12.8. The van der Waals surface area contributed by atoms with Crippen molar-refractivity contribution < 1.29 is 4.79 Å². The Hall–Kier alpha value is -1.97. The first-order chi connectivity index (χ1) is 10.7. The molecule has 1 saturated heterocycles. The third-order valence-corrected chi connectivity index (χ3v) is 6.00. The number of hydrogen-bond donors (Lipinski definition) is 2. The van der Waals surface area contributed by atoms with E-state index < -0.39 is 0 Å². The number of anilines is 1. The van der Waals surface area contributed by atoms with Crippen molar-refractivity contribution in [2.75, 3.05) is 18.0 Å². The maximum atomic E-state index is 12.2. The molecule has 2 aliphatic carbocycles. The number of H-pyrrole nitrogens is 1. The van der Waals surface area contributed by atoms with Crippen molar-refractivity contribution in [1.29, 1.82) is 0 Å². The number of fused-ring (bicyclic) bond motifs is 2. The van der Waals surface area contributed by atoms with Gasteiger partial charge in [-0.2, -0.15) is 0 Å². The Morgan fingerprint density at radius 1 is 1.36 bits per heavy atom. The number of nitrogens with one attached hydrogen (secondary N) is 2. The number of carbonyl (C=O) groups is 1. The molecule has 0 spiro atoms. The average molecular weight is 295 g/mol. The highest BCUT2D eigenvalue weighted by Gasteiger charge is 2.68. The molecule has 1 aromatic heterocycles. The van der Waals surface area contributed by atoms with Crippen molar-refractivity contribution in [1.82, 2.24) is 10.3 Å². The number of hydrogen-bond acceptors (Lipinski definition) is 2. The van der Waals surface area contributed by atoms with Crippen molar-refractivity contribution in [2.45, 2.75) is 25.3 Å². The van der Waals surface area contributed by atoms with E-state index in [0.717, 1.165) is 25.9 Å². The molecule has 0 unspecified atom stereocenters. The monoisotopic (exact) mass is 295 g/mol. The van der Waals surface area contributed by atoms with Gasteiger partial charge < -0.3 is 15.2 Å². The van der Waals surface area contributed by atoms with Gasteiger partial charge in [0.25, 0.3) is 0 Å². The molecule has 1 amide bonds. The van der Waals surface area contributed by atoms with Gasteiger partial charge in [-0.25, -0.2) is 0 Å². The summed E-state index contributed by atoms with van der Waals surface area (Å²) in [5.74, 6) is 2.97. The number of aromatic amines is 1. The maximum absolute atomic E-state index is 12.2. The predicted molar refractivity (Wildman–Crippen MR) is 86.8 cm³/mol. The number of amides is 1. The van der Waals surface area contributed by atoms with Crippen LogP contribution in [-0.2, 0) is 4.79 Å². The summed E-state index contributed by atoms with van der Waals surface area (Å²) < 4.78 is 0. The summed E-state index contributed by atoms with van der Waals surface area (Å²) in [4.78, 5) is 18.1. The van der Waals surface area contributed by atoms with E-state index in [4.69, 9.17) is 0 Å². The summed E-state index contributed by atoms with van der Waals surface area (Å²) in [6, 6.07) is 10.6. The fourth-order valence-electron chi connectivity index (χ4n) is 4.26. The summed E-state index contributed by atoms with van der Waals surface area (Å²) >= 11 is 0. The lowest BCUT2D eigenvalue weighted by atomic mass is 10.2. The van der Waals surface area contributed by atoms with Crippen molar-refractivity contribution in [3.63, 3.8) is 0 Å². The molecule has 3 aliphatic rings. The van der Waals surface area contributed by atoms with E-state index in [9.17, 15) is 4.79 Å². The topological polar surface area (TPSA) is 48.1 Å². The van der Waals surface area contributed by atoms with Gasteiger partial charge in [-0.1, -0.05) is 25.1 Å². The lowest BCUT2D eigenvalue weighted by Crippen LogP contribution is -2.44. The Morgan fingerprint density at radius 2 is 2.18 bits per heavy atom. The quantitative estimate of drug-likeness (QED) is 0.914. The molecular weight excluding hydrogens is 274 g/mol. The average Bonchev–Trinajstić information content (AvgIpc) is 3.33. The van der Waals surface area contributed by atoms with Crippen LogP contribution in [0.1, 0.15) is 19.8 Å². The molecule has 0 bridgehead atoms. The van der Waals surface area contributed by atoms with E-state index in [1.807, 2.05) is 0 Å². The maximum Gasteiger partial charge on any atom is 0.223 e. The highest BCUT2D eigenvalue weighted by Crippen LogP contribution is 2.56. The molecule has 3 atom stereocenters. The van der Waals surface area contributed by atoms with Gasteiger partial charge in [0.1, 0.15) is 5.82 Å². The number of rotatable bonds is 3. The van der Waals surface area contributed by atoms with Crippen LogP contribution in [0, 0.1) is 17.8 Å². The molecule has 22 heavy (non-hydrogen) atoms. The SMILES string of the molecule is C[C@@H]1[C@@H]2CN(c3cc4ccccc4[nH]3)C[C@]12NC(=O)C1CC1. The van der Waals surface area contributed by atoms with Crippen LogP contribution in [0.3, 0.4) is 0 Å². The van der Waals surface area contributed by atoms with Crippen molar-refractivity contribution >= 4 is 22.6 Å². The number of piperidine rings is 1. The van der Waals surface area contributed by atoms with E-state index in [1.165, 1.54) is 16.7 Å². The van der Waals surface area contributed by atoms with E-state index in [2.05, 4.69) is 52.5 Å². The van der Waals surface area contributed by atoms with Crippen LogP contribution in [0.2, 0.25) is 0 Å². The van der Waals surface area contributed by atoms with Crippen molar-refractivity contribution in [3.8, 4) is 0 Å². The van der Waals surface area contributed by atoms with Crippen LogP contribution in [0.15, 0.2) is 30.3 Å². The molecule has 1 aliphatic heterocycles. The Morgan fingerprint density at radius 3 is 2.95 bits per heavy atom. The second-order valence-electron chi connectivity index (χ2n) is 7.32.